The van der Waals surface area contributed by atoms with Gasteiger partial charge in [0.15, 0.2) is 11.5 Å². The van der Waals surface area contributed by atoms with Crippen molar-refractivity contribution in [2.45, 2.75) is 13.0 Å². The van der Waals surface area contributed by atoms with Gasteiger partial charge in [-0.15, -0.1) is 0 Å². The van der Waals surface area contributed by atoms with Crippen molar-refractivity contribution in [2.75, 3.05) is 13.3 Å². The van der Waals surface area contributed by atoms with Gasteiger partial charge in [0.2, 0.25) is 6.79 Å². The van der Waals surface area contributed by atoms with E-state index in [1.807, 2.05) is 6.07 Å². The molecule has 0 saturated heterocycles. The Labute approximate surface area is 127 Å². The lowest BCUT2D eigenvalue weighted by atomic mass is 9.98. The summed E-state index contributed by atoms with van der Waals surface area (Å²) >= 11 is 3.47. The Morgan fingerprint density at radius 2 is 1.75 bits per heavy atom. The number of halogens is 1. The Morgan fingerprint density at radius 3 is 2.50 bits per heavy atom. The number of hydrogen-bond donors (Lipinski definition) is 1. The van der Waals surface area contributed by atoms with Gasteiger partial charge >= 0.3 is 0 Å². The van der Waals surface area contributed by atoms with Crippen LogP contribution in [0.5, 0.6) is 11.5 Å². The average molecular weight is 334 g/mol. The minimum Gasteiger partial charge on any atom is -0.454 e. The summed E-state index contributed by atoms with van der Waals surface area (Å²) in [4.78, 5) is 0. The predicted molar refractivity (Wildman–Crippen MR) is 82.2 cm³/mol. The average Bonchev–Trinajstić information content (AvgIpc) is 2.93. The molecule has 4 heteroatoms. The summed E-state index contributed by atoms with van der Waals surface area (Å²) in [6, 6.07) is 14.6. The smallest absolute Gasteiger partial charge is 0.231 e. The van der Waals surface area contributed by atoms with E-state index >= 15 is 0 Å². The molecular formula is C16H16BrNO2. The quantitative estimate of drug-likeness (QED) is 0.921. The van der Waals surface area contributed by atoms with Crippen LogP contribution in [0, 0.1) is 0 Å². The van der Waals surface area contributed by atoms with E-state index < -0.39 is 0 Å². The van der Waals surface area contributed by atoms with Gasteiger partial charge in [0.05, 0.1) is 6.04 Å². The molecule has 0 aliphatic carbocycles. The third kappa shape index (κ3) is 2.67. The van der Waals surface area contributed by atoms with Gasteiger partial charge in [0.25, 0.3) is 0 Å². The summed E-state index contributed by atoms with van der Waals surface area (Å²) in [7, 11) is 0. The minimum absolute atomic E-state index is 0.155. The SMILES string of the molecule is CCNC(c1ccc(Br)cc1)c1ccc2c(c1)OCO2. The first kappa shape index (κ1) is 13.5. The van der Waals surface area contributed by atoms with Crippen LogP contribution in [-0.2, 0) is 0 Å². The van der Waals surface area contributed by atoms with Gasteiger partial charge in [-0.1, -0.05) is 41.1 Å². The summed E-state index contributed by atoms with van der Waals surface area (Å²) in [5.74, 6) is 1.64. The van der Waals surface area contributed by atoms with Crippen molar-refractivity contribution in [3.05, 3.63) is 58.1 Å². The summed E-state index contributed by atoms with van der Waals surface area (Å²) in [6.07, 6.45) is 0. The Balaban J connectivity index is 1.95. The highest BCUT2D eigenvalue weighted by atomic mass is 79.9. The Morgan fingerprint density at radius 1 is 1.05 bits per heavy atom. The lowest BCUT2D eigenvalue weighted by Crippen LogP contribution is -2.21. The second-order valence-electron chi connectivity index (χ2n) is 4.65. The molecule has 0 spiro atoms. The van der Waals surface area contributed by atoms with Gasteiger partial charge in [-0.25, -0.2) is 0 Å². The van der Waals surface area contributed by atoms with Crippen molar-refractivity contribution in [2.24, 2.45) is 0 Å². The van der Waals surface area contributed by atoms with E-state index in [1.54, 1.807) is 0 Å². The van der Waals surface area contributed by atoms with Crippen molar-refractivity contribution >= 4 is 15.9 Å². The highest BCUT2D eigenvalue weighted by Crippen LogP contribution is 2.35. The van der Waals surface area contributed by atoms with Crippen molar-refractivity contribution in [1.29, 1.82) is 0 Å². The van der Waals surface area contributed by atoms with Crippen LogP contribution < -0.4 is 14.8 Å². The van der Waals surface area contributed by atoms with Crippen LogP contribution in [-0.4, -0.2) is 13.3 Å². The van der Waals surface area contributed by atoms with E-state index in [0.29, 0.717) is 6.79 Å². The minimum atomic E-state index is 0.155. The molecule has 2 aromatic carbocycles. The summed E-state index contributed by atoms with van der Waals surface area (Å²) < 4.78 is 11.9. The number of benzene rings is 2. The zero-order chi connectivity index (χ0) is 13.9. The van der Waals surface area contributed by atoms with Crippen molar-refractivity contribution in [3.8, 4) is 11.5 Å². The topological polar surface area (TPSA) is 30.5 Å². The summed E-state index contributed by atoms with van der Waals surface area (Å²) in [6.45, 7) is 3.32. The number of ether oxygens (including phenoxy) is 2. The second-order valence-corrected chi connectivity index (χ2v) is 5.57. The molecule has 1 unspecified atom stereocenters. The third-order valence-corrected chi connectivity index (χ3v) is 3.87. The van der Waals surface area contributed by atoms with E-state index in [0.717, 1.165) is 22.5 Å². The molecule has 1 aliphatic heterocycles. The number of hydrogen-bond acceptors (Lipinski definition) is 3. The maximum Gasteiger partial charge on any atom is 0.231 e. The number of rotatable bonds is 4. The molecule has 104 valence electrons. The fourth-order valence-electron chi connectivity index (χ4n) is 2.38. The fourth-order valence-corrected chi connectivity index (χ4v) is 2.64. The van der Waals surface area contributed by atoms with Crippen molar-refractivity contribution in [1.82, 2.24) is 5.32 Å². The lowest BCUT2D eigenvalue weighted by molar-refractivity contribution is 0.174. The first-order chi connectivity index (χ1) is 9.78. The normalized spacial score (nSPS) is 14.3. The van der Waals surface area contributed by atoms with Gasteiger partial charge in [-0.2, -0.15) is 0 Å². The molecule has 3 rings (SSSR count). The van der Waals surface area contributed by atoms with E-state index in [9.17, 15) is 0 Å². The molecule has 0 fully saturated rings. The number of fused-ring (bicyclic) bond motifs is 1. The van der Waals surface area contributed by atoms with E-state index in [4.69, 9.17) is 9.47 Å². The highest BCUT2D eigenvalue weighted by molar-refractivity contribution is 9.10. The van der Waals surface area contributed by atoms with Crippen LogP contribution >= 0.6 is 15.9 Å². The Bertz CT molecular complexity index is 598. The summed E-state index contributed by atoms with van der Waals surface area (Å²) in [5, 5.41) is 3.51. The largest absolute Gasteiger partial charge is 0.454 e. The lowest BCUT2D eigenvalue weighted by Gasteiger charge is -2.19. The zero-order valence-corrected chi connectivity index (χ0v) is 12.8. The van der Waals surface area contributed by atoms with Crippen LogP contribution in [0.2, 0.25) is 0 Å². The first-order valence-corrected chi connectivity index (χ1v) is 7.45. The van der Waals surface area contributed by atoms with Crippen molar-refractivity contribution < 1.29 is 9.47 Å². The van der Waals surface area contributed by atoms with Crippen molar-refractivity contribution in [3.63, 3.8) is 0 Å². The van der Waals surface area contributed by atoms with Crippen LogP contribution in [0.15, 0.2) is 46.9 Å². The zero-order valence-electron chi connectivity index (χ0n) is 11.2. The standard InChI is InChI=1S/C16H16BrNO2/c1-2-18-16(11-3-6-13(17)7-4-11)12-5-8-14-15(9-12)20-10-19-14/h3-9,16,18H,2,10H2,1H3. The van der Waals surface area contributed by atoms with Crippen LogP contribution in [0.3, 0.4) is 0 Å². The molecule has 0 bridgehead atoms. The van der Waals surface area contributed by atoms with Crippen LogP contribution in [0.1, 0.15) is 24.1 Å². The van der Waals surface area contributed by atoms with Crippen LogP contribution in [0.4, 0.5) is 0 Å². The monoisotopic (exact) mass is 333 g/mol. The molecular weight excluding hydrogens is 318 g/mol. The highest BCUT2D eigenvalue weighted by Gasteiger charge is 2.18. The molecule has 1 atom stereocenters. The second kappa shape index (κ2) is 5.85. The molecule has 1 aliphatic rings. The Kier molecular flexibility index (Phi) is 3.94. The number of nitrogens with one attached hydrogen (secondary N) is 1. The maximum atomic E-state index is 5.46. The molecule has 3 nitrogen and oxygen atoms in total. The maximum absolute atomic E-state index is 5.46. The van der Waals surface area contributed by atoms with Gasteiger partial charge < -0.3 is 14.8 Å². The Hall–Kier alpha value is -1.52. The third-order valence-electron chi connectivity index (χ3n) is 3.34. The molecule has 0 amide bonds. The molecule has 1 N–H and O–H groups in total. The molecule has 2 aromatic rings. The van der Waals surface area contributed by atoms with Gasteiger partial charge in [-0.3, -0.25) is 0 Å². The molecule has 0 aromatic heterocycles. The summed E-state index contributed by atoms with van der Waals surface area (Å²) in [5.41, 5.74) is 2.41. The molecule has 1 heterocycles. The molecule has 0 saturated carbocycles. The fraction of sp³-hybridized carbons (Fsp3) is 0.250. The van der Waals surface area contributed by atoms with E-state index in [1.165, 1.54) is 11.1 Å². The predicted octanol–water partition coefficient (Wildman–Crippen LogP) is 3.88. The van der Waals surface area contributed by atoms with Gasteiger partial charge in [0.1, 0.15) is 0 Å². The first-order valence-electron chi connectivity index (χ1n) is 6.66. The van der Waals surface area contributed by atoms with Gasteiger partial charge in [0, 0.05) is 4.47 Å². The van der Waals surface area contributed by atoms with Crippen LogP contribution in [0.25, 0.3) is 0 Å². The van der Waals surface area contributed by atoms with E-state index in [2.05, 4.69) is 64.6 Å². The van der Waals surface area contributed by atoms with Gasteiger partial charge in [-0.05, 0) is 41.9 Å². The van der Waals surface area contributed by atoms with E-state index in [-0.39, 0.29) is 6.04 Å². The molecule has 20 heavy (non-hydrogen) atoms. The molecule has 0 radical (unpaired) electrons.